The number of nitrogens with zero attached hydrogens (tertiary/aromatic N) is 4. The predicted molar refractivity (Wildman–Crippen MR) is 103 cm³/mol. The Kier molecular flexibility index (Phi) is 4.88. The quantitative estimate of drug-likeness (QED) is 0.484. The fourth-order valence-electron chi connectivity index (χ4n) is 2.58. The van der Waals surface area contributed by atoms with E-state index >= 15 is 0 Å². The summed E-state index contributed by atoms with van der Waals surface area (Å²) in [5.74, 6) is 3.07. The smallest absolute Gasteiger partial charge is 0.235 e. The summed E-state index contributed by atoms with van der Waals surface area (Å²) in [7, 11) is 1.64. The van der Waals surface area contributed by atoms with Gasteiger partial charge >= 0.3 is 0 Å². The van der Waals surface area contributed by atoms with Crippen LogP contribution < -0.4 is 14.2 Å². The number of benzene rings is 2. The van der Waals surface area contributed by atoms with Crippen LogP contribution in [-0.4, -0.2) is 33.5 Å². The minimum Gasteiger partial charge on any atom is -0.497 e. The Bertz CT molecular complexity index is 1030. The van der Waals surface area contributed by atoms with Gasteiger partial charge in [0.2, 0.25) is 4.96 Å². The first-order valence-corrected chi connectivity index (χ1v) is 9.29. The molecular weight excluding hydrogens is 364 g/mol. The zero-order valence-corrected chi connectivity index (χ0v) is 15.8. The third-order valence-corrected chi connectivity index (χ3v) is 4.75. The minimum absolute atomic E-state index is 0.364. The Morgan fingerprint density at radius 3 is 2.26 bits per heavy atom. The summed E-state index contributed by atoms with van der Waals surface area (Å²) in [5.41, 5.74) is 0.930. The second-order valence-electron chi connectivity index (χ2n) is 5.64. The van der Waals surface area contributed by atoms with Crippen LogP contribution in [0, 0.1) is 0 Å². The van der Waals surface area contributed by atoms with Crippen molar-refractivity contribution in [2.24, 2.45) is 0 Å². The molecule has 0 saturated carbocycles. The van der Waals surface area contributed by atoms with Gasteiger partial charge in [-0.25, -0.2) is 0 Å². The van der Waals surface area contributed by atoms with Gasteiger partial charge in [-0.1, -0.05) is 11.3 Å². The lowest BCUT2D eigenvalue weighted by Crippen LogP contribution is -1.97. The van der Waals surface area contributed by atoms with Crippen LogP contribution in [0.1, 0.15) is 11.9 Å². The van der Waals surface area contributed by atoms with Crippen molar-refractivity contribution in [1.29, 1.82) is 0 Å². The van der Waals surface area contributed by atoms with Gasteiger partial charge in [-0.2, -0.15) is 9.61 Å². The molecule has 27 heavy (non-hydrogen) atoms. The van der Waals surface area contributed by atoms with Crippen LogP contribution in [0.15, 0.2) is 48.5 Å². The molecule has 0 N–H and O–H groups in total. The molecule has 4 rings (SSSR count). The Balaban J connectivity index is 1.51. The molecule has 0 spiro atoms. The summed E-state index contributed by atoms with van der Waals surface area (Å²) in [6, 6.07) is 15.2. The highest BCUT2D eigenvalue weighted by Crippen LogP contribution is 2.25. The zero-order chi connectivity index (χ0) is 18.6. The second kappa shape index (κ2) is 7.63. The monoisotopic (exact) mass is 382 g/mol. The van der Waals surface area contributed by atoms with Crippen LogP contribution in [-0.2, 0) is 6.61 Å². The van der Waals surface area contributed by atoms with Crippen molar-refractivity contribution in [3.05, 3.63) is 53.5 Å². The molecule has 0 atom stereocenters. The molecular formula is C19H18N4O3S. The highest BCUT2D eigenvalue weighted by atomic mass is 32.1. The minimum atomic E-state index is 0.364. The molecule has 7 nitrogen and oxygen atoms in total. The molecule has 0 aliphatic carbocycles. The number of methoxy groups -OCH3 is 1. The van der Waals surface area contributed by atoms with Crippen molar-refractivity contribution in [3.8, 4) is 28.6 Å². The Labute approximate surface area is 160 Å². The first kappa shape index (κ1) is 17.3. The number of hydrogen-bond acceptors (Lipinski definition) is 7. The van der Waals surface area contributed by atoms with Gasteiger partial charge in [-0.05, 0) is 55.5 Å². The van der Waals surface area contributed by atoms with E-state index in [-0.39, 0.29) is 0 Å². The van der Waals surface area contributed by atoms with Crippen molar-refractivity contribution >= 4 is 16.3 Å². The lowest BCUT2D eigenvalue weighted by Gasteiger charge is -2.05. The molecule has 0 aliphatic rings. The Morgan fingerprint density at radius 1 is 0.889 bits per heavy atom. The molecule has 4 aromatic rings. The maximum Gasteiger partial charge on any atom is 0.235 e. The maximum atomic E-state index is 5.79. The van der Waals surface area contributed by atoms with Crippen LogP contribution in [0.3, 0.4) is 0 Å². The summed E-state index contributed by atoms with van der Waals surface area (Å²) in [6.07, 6.45) is 0. The SMILES string of the molecule is CCOc1ccc(-c2nnc3sc(COc4ccc(OC)cc4)nn23)cc1. The average molecular weight is 382 g/mol. The first-order chi connectivity index (χ1) is 13.3. The molecule has 0 amide bonds. The summed E-state index contributed by atoms with van der Waals surface area (Å²) < 4.78 is 18.2. The number of rotatable bonds is 7. The summed E-state index contributed by atoms with van der Waals surface area (Å²) >= 11 is 1.45. The largest absolute Gasteiger partial charge is 0.497 e. The summed E-state index contributed by atoms with van der Waals surface area (Å²) in [5, 5.41) is 13.9. The number of aromatic nitrogens is 4. The topological polar surface area (TPSA) is 70.8 Å². The normalized spacial score (nSPS) is 10.9. The third kappa shape index (κ3) is 3.70. The van der Waals surface area contributed by atoms with Crippen LogP contribution in [0.25, 0.3) is 16.3 Å². The van der Waals surface area contributed by atoms with E-state index in [2.05, 4.69) is 15.3 Å². The van der Waals surface area contributed by atoms with Gasteiger partial charge in [-0.3, -0.25) is 0 Å². The van der Waals surface area contributed by atoms with Crippen molar-refractivity contribution in [2.45, 2.75) is 13.5 Å². The van der Waals surface area contributed by atoms with Gasteiger partial charge in [0.05, 0.1) is 13.7 Å². The molecule has 0 fully saturated rings. The molecule has 2 heterocycles. The van der Waals surface area contributed by atoms with Gasteiger partial charge in [0.25, 0.3) is 0 Å². The molecule has 0 radical (unpaired) electrons. The maximum absolute atomic E-state index is 5.79. The van der Waals surface area contributed by atoms with E-state index in [1.807, 2.05) is 55.5 Å². The molecule has 0 saturated heterocycles. The molecule has 8 heteroatoms. The zero-order valence-electron chi connectivity index (χ0n) is 15.0. The van der Waals surface area contributed by atoms with Crippen molar-refractivity contribution in [1.82, 2.24) is 19.8 Å². The number of hydrogen-bond donors (Lipinski definition) is 0. The van der Waals surface area contributed by atoms with Gasteiger partial charge in [-0.15, -0.1) is 10.2 Å². The van der Waals surface area contributed by atoms with Crippen LogP contribution in [0.5, 0.6) is 17.2 Å². The van der Waals surface area contributed by atoms with E-state index in [1.165, 1.54) is 11.3 Å². The van der Waals surface area contributed by atoms with E-state index in [1.54, 1.807) is 11.6 Å². The highest BCUT2D eigenvalue weighted by molar-refractivity contribution is 7.16. The van der Waals surface area contributed by atoms with E-state index in [9.17, 15) is 0 Å². The standard InChI is InChI=1S/C19H18N4O3S/c1-3-25-15-6-4-13(5-7-15)18-20-21-19-23(18)22-17(27-19)12-26-16-10-8-14(24-2)9-11-16/h4-11H,3,12H2,1-2H3. The Hall–Kier alpha value is -3.13. The highest BCUT2D eigenvalue weighted by Gasteiger charge is 2.14. The van der Waals surface area contributed by atoms with E-state index in [0.717, 1.165) is 32.8 Å². The summed E-state index contributed by atoms with van der Waals surface area (Å²) in [6.45, 7) is 2.96. The fraction of sp³-hybridized carbons (Fsp3) is 0.211. The van der Waals surface area contributed by atoms with Crippen LogP contribution in [0.2, 0.25) is 0 Å². The number of ether oxygens (including phenoxy) is 3. The predicted octanol–water partition coefficient (Wildman–Crippen LogP) is 3.84. The molecule has 0 unspecified atom stereocenters. The molecule has 138 valence electrons. The van der Waals surface area contributed by atoms with E-state index in [4.69, 9.17) is 14.2 Å². The first-order valence-electron chi connectivity index (χ1n) is 8.48. The second-order valence-corrected chi connectivity index (χ2v) is 6.68. The van der Waals surface area contributed by atoms with E-state index in [0.29, 0.717) is 19.0 Å². The molecule has 2 aromatic carbocycles. The molecule has 2 aromatic heterocycles. The lowest BCUT2D eigenvalue weighted by atomic mass is 10.2. The third-order valence-electron chi connectivity index (χ3n) is 3.88. The summed E-state index contributed by atoms with van der Waals surface area (Å²) in [4.78, 5) is 0.729. The average Bonchev–Trinajstić information content (AvgIpc) is 3.28. The van der Waals surface area contributed by atoms with Crippen LogP contribution >= 0.6 is 11.3 Å². The Morgan fingerprint density at radius 2 is 1.56 bits per heavy atom. The van der Waals surface area contributed by atoms with Crippen LogP contribution in [0.4, 0.5) is 0 Å². The molecule has 0 bridgehead atoms. The van der Waals surface area contributed by atoms with Gasteiger partial charge in [0, 0.05) is 5.56 Å². The number of fused-ring (bicyclic) bond motifs is 1. The van der Waals surface area contributed by atoms with Crippen molar-refractivity contribution < 1.29 is 14.2 Å². The van der Waals surface area contributed by atoms with Crippen molar-refractivity contribution in [2.75, 3.05) is 13.7 Å². The molecule has 0 aliphatic heterocycles. The van der Waals surface area contributed by atoms with Gasteiger partial charge in [0.15, 0.2) is 10.8 Å². The lowest BCUT2D eigenvalue weighted by molar-refractivity contribution is 0.303. The van der Waals surface area contributed by atoms with Gasteiger partial charge < -0.3 is 14.2 Å². The fourth-order valence-corrected chi connectivity index (χ4v) is 3.33. The van der Waals surface area contributed by atoms with Gasteiger partial charge in [0.1, 0.15) is 23.9 Å². The van der Waals surface area contributed by atoms with Crippen molar-refractivity contribution in [3.63, 3.8) is 0 Å². The van der Waals surface area contributed by atoms with E-state index < -0.39 is 0 Å².